The van der Waals surface area contributed by atoms with Crippen LogP contribution in [-0.2, 0) is 27.4 Å². The van der Waals surface area contributed by atoms with Gasteiger partial charge in [-0.25, -0.2) is 24.0 Å². The number of nitrogens with zero attached hydrogens (tertiary/aromatic N) is 10. The number of primary amides is 1. The van der Waals surface area contributed by atoms with Gasteiger partial charge in [-0.1, -0.05) is 48.5 Å². The van der Waals surface area contributed by atoms with E-state index >= 15 is 0 Å². The quantitative estimate of drug-likeness (QED) is 0.139. The van der Waals surface area contributed by atoms with Gasteiger partial charge in [-0.05, 0) is 63.1 Å². The largest absolute Gasteiger partial charge is 0.490 e. The van der Waals surface area contributed by atoms with Crippen molar-refractivity contribution in [3.63, 3.8) is 0 Å². The van der Waals surface area contributed by atoms with Gasteiger partial charge in [-0.2, -0.15) is 0 Å². The van der Waals surface area contributed by atoms with Crippen LogP contribution in [0.15, 0.2) is 52.8 Å². The highest BCUT2D eigenvalue weighted by molar-refractivity contribution is 7.99. The van der Waals surface area contributed by atoms with Crippen LogP contribution in [0.1, 0.15) is 88.7 Å². The van der Waals surface area contributed by atoms with Crippen molar-refractivity contribution in [1.29, 1.82) is 0 Å². The second-order valence-electron chi connectivity index (χ2n) is 19.5. The molecule has 6 N–H and O–H groups in total. The van der Waals surface area contributed by atoms with Crippen LogP contribution < -0.4 is 26.0 Å². The van der Waals surface area contributed by atoms with E-state index in [0.29, 0.717) is 90.5 Å². The highest BCUT2D eigenvalue weighted by Gasteiger charge is 2.49. The Hall–Kier alpha value is -5.15. The molecule has 3 amide bonds. The number of piperidine rings is 3. The smallest absolute Gasteiger partial charge is 0.248 e. The standard InChI is InChI=1S/C47H62ClFN12O6S/c1-28(2)40(61-25-29(3)55-56-61)45(65)60-27-47(66,23-35(60)41(50)63)22-31-5-6-32(49)21-36(31)67-33-10-17-59(18-11-33)44(64)30-8-15-57(16-9-30)43-39(48)37(7-14-52-43)68-38-24-53-42(34(26-62)54-38)58-19-12-46(4,51)13-20-58/h5-7,14,21,24-25,28,30,33,35,40,62,66H,8-13,15-20,22-23,26-27,51H2,1-4H3,(H2,50,63)/t35-,40-,47+/m0/s1. The van der Waals surface area contributed by atoms with Gasteiger partial charge in [0.1, 0.15) is 46.3 Å². The summed E-state index contributed by atoms with van der Waals surface area (Å²) < 4.78 is 22.7. The summed E-state index contributed by atoms with van der Waals surface area (Å²) in [5.74, 6) is -0.378. The number of hydrogen-bond donors (Lipinski definition) is 4. The average molecular weight is 978 g/mol. The molecule has 7 heterocycles. The van der Waals surface area contributed by atoms with Gasteiger partial charge in [0, 0.05) is 99.8 Å². The van der Waals surface area contributed by atoms with E-state index in [4.69, 9.17) is 32.8 Å². The van der Waals surface area contributed by atoms with Crippen molar-refractivity contribution in [2.24, 2.45) is 23.3 Å². The molecule has 4 fully saturated rings. The summed E-state index contributed by atoms with van der Waals surface area (Å²) in [6.45, 7) is 10.7. The number of amides is 3. The number of ether oxygens (including phenoxy) is 1. The molecule has 3 atom stereocenters. The maximum absolute atomic E-state index is 14.8. The lowest BCUT2D eigenvalue weighted by Crippen LogP contribution is -2.48. The van der Waals surface area contributed by atoms with Crippen LogP contribution in [0.2, 0.25) is 5.02 Å². The molecule has 4 aliphatic heterocycles. The molecule has 0 bridgehead atoms. The van der Waals surface area contributed by atoms with Gasteiger partial charge < -0.3 is 46.0 Å². The second-order valence-corrected chi connectivity index (χ2v) is 20.9. The number of aryl methyl sites for hydroxylation is 1. The Bertz CT molecular complexity index is 2470. The number of aromatic nitrogens is 6. The molecule has 4 aliphatic rings. The lowest BCUT2D eigenvalue weighted by atomic mass is 9.91. The predicted octanol–water partition coefficient (Wildman–Crippen LogP) is 4.07. The fourth-order valence-corrected chi connectivity index (χ4v) is 11.1. The highest BCUT2D eigenvalue weighted by atomic mass is 35.5. The van der Waals surface area contributed by atoms with E-state index < -0.39 is 35.3 Å². The molecular weight excluding hydrogens is 915 g/mol. The first-order valence-corrected chi connectivity index (χ1v) is 24.6. The number of halogens is 2. The molecule has 0 aliphatic carbocycles. The number of pyridine rings is 1. The summed E-state index contributed by atoms with van der Waals surface area (Å²) in [6.07, 6.45) is 8.59. The summed E-state index contributed by atoms with van der Waals surface area (Å²) in [5, 5.41) is 31.4. The van der Waals surface area contributed by atoms with E-state index in [-0.39, 0.29) is 61.1 Å². The summed E-state index contributed by atoms with van der Waals surface area (Å²) in [6, 6.07) is 4.13. The molecule has 366 valence electrons. The zero-order chi connectivity index (χ0) is 48.5. The van der Waals surface area contributed by atoms with Gasteiger partial charge >= 0.3 is 0 Å². The Balaban J connectivity index is 0.843. The topological polar surface area (TPSA) is 235 Å². The fraction of sp³-hybridized carbons (Fsp3) is 0.574. The SMILES string of the molecule is Cc1cn([C@H](C(=O)N2C[C@@](O)(Cc3ccc(F)cc3OC3CCN(C(=O)C4CCN(c5nccc(Sc6cnc(N7CCC(C)(N)CC7)c(CO)n6)c5Cl)CC4)CC3)C[C@H]2C(N)=O)C(C)C)nn1. The first kappa shape index (κ1) is 49.3. The average Bonchev–Trinajstić information content (AvgIpc) is 3.90. The minimum Gasteiger partial charge on any atom is -0.490 e. The molecule has 68 heavy (non-hydrogen) atoms. The van der Waals surface area contributed by atoms with E-state index in [9.17, 15) is 29.0 Å². The lowest BCUT2D eigenvalue weighted by Gasteiger charge is -2.38. The summed E-state index contributed by atoms with van der Waals surface area (Å²) in [4.78, 5) is 62.8. The number of aliphatic hydroxyl groups is 2. The van der Waals surface area contributed by atoms with Gasteiger partial charge in [0.2, 0.25) is 17.7 Å². The number of nitrogens with two attached hydrogens (primary N) is 2. The van der Waals surface area contributed by atoms with Gasteiger partial charge in [0.15, 0.2) is 5.82 Å². The van der Waals surface area contributed by atoms with Gasteiger partial charge in [-0.15, -0.1) is 5.10 Å². The summed E-state index contributed by atoms with van der Waals surface area (Å²) in [5.41, 5.74) is 12.0. The molecule has 8 rings (SSSR count). The second kappa shape index (κ2) is 20.4. The van der Waals surface area contributed by atoms with Crippen molar-refractivity contribution < 1.29 is 33.7 Å². The Labute approximate surface area is 404 Å². The van der Waals surface area contributed by atoms with Gasteiger partial charge in [0.05, 0.1) is 35.7 Å². The minimum absolute atomic E-state index is 0.0202. The van der Waals surface area contributed by atoms with E-state index in [1.165, 1.54) is 33.5 Å². The van der Waals surface area contributed by atoms with Crippen LogP contribution in [0.4, 0.5) is 16.0 Å². The molecule has 0 spiro atoms. The molecule has 3 aromatic heterocycles. The number of hydrogen-bond acceptors (Lipinski definition) is 15. The number of anilines is 2. The molecule has 18 nitrogen and oxygen atoms in total. The van der Waals surface area contributed by atoms with E-state index in [1.54, 1.807) is 31.6 Å². The molecule has 0 saturated carbocycles. The van der Waals surface area contributed by atoms with Crippen molar-refractivity contribution in [2.45, 2.75) is 125 Å². The zero-order valence-electron chi connectivity index (χ0n) is 39.1. The fourth-order valence-electron chi connectivity index (χ4n) is 9.94. The highest BCUT2D eigenvalue weighted by Crippen LogP contribution is 2.40. The van der Waals surface area contributed by atoms with Crippen LogP contribution in [0.25, 0.3) is 0 Å². The van der Waals surface area contributed by atoms with E-state index in [2.05, 4.69) is 37.0 Å². The number of aliphatic hydroxyl groups excluding tert-OH is 1. The molecule has 21 heteroatoms. The Morgan fingerprint density at radius 2 is 1.72 bits per heavy atom. The van der Waals surface area contributed by atoms with Gasteiger partial charge in [0.25, 0.3) is 0 Å². The van der Waals surface area contributed by atoms with Crippen LogP contribution >= 0.6 is 23.4 Å². The number of carbonyl (C=O) groups excluding carboxylic acids is 3. The van der Waals surface area contributed by atoms with Crippen LogP contribution in [-0.4, -0.2) is 137 Å². The third-order valence-electron chi connectivity index (χ3n) is 13.8. The molecule has 0 radical (unpaired) electrons. The third-order valence-corrected chi connectivity index (χ3v) is 15.2. The summed E-state index contributed by atoms with van der Waals surface area (Å²) >= 11 is 8.34. The molecule has 4 saturated heterocycles. The maximum atomic E-state index is 14.8. The maximum Gasteiger partial charge on any atom is 0.248 e. The molecular formula is C47H62ClFN12O6S. The predicted molar refractivity (Wildman–Crippen MR) is 254 cm³/mol. The summed E-state index contributed by atoms with van der Waals surface area (Å²) in [7, 11) is 0. The van der Waals surface area contributed by atoms with Crippen molar-refractivity contribution in [3.8, 4) is 5.75 Å². The number of carbonyl (C=O) groups is 3. The lowest BCUT2D eigenvalue weighted by molar-refractivity contribution is -0.142. The van der Waals surface area contributed by atoms with Crippen molar-refractivity contribution in [2.75, 3.05) is 55.6 Å². The van der Waals surface area contributed by atoms with Crippen molar-refractivity contribution in [1.82, 2.24) is 39.7 Å². The van der Waals surface area contributed by atoms with E-state index in [1.807, 2.05) is 24.8 Å². The monoisotopic (exact) mass is 976 g/mol. The van der Waals surface area contributed by atoms with Crippen LogP contribution in [0, 0.1) is 24.6 Å². The van der Waals surface area contributed by atoms with Gasteiger partial charge in [-0.3, -0.25) is 14.4 Å². The number of rotatable bonds is 14. The van der Waals surface area contributed by atoms with E-state index in [0.717, 1.165) is 30.8 Å². The number of likely N-dealkylation sites (tertiary alicyclic amines) is 2. The van der Waals surface area contributed by atoms with Crippen molar-refractivity contribution in [3.05, 3.63) is 70.6 Å². The molecule has 0 unspecified atom stereocenters. The third kappa shape index (κ3) is 11.0. The van der Waals surface area contributed by atoms with Crippen LogP contribution in [0.3, 0.4) is 0 Å². The minimum atomic E-state index is -1.56. The number of benzene rings is 1. The Morgan fingerprint density at radius 1 is 1.01 bits per heavy atom. The molecule has 1 aromatic carbocycles. The Kier molecular flexibility index (Phi) is 14.8. The first-order valence-electron chi connectivity index (χ1n) is 23.4. The number of β-amino-alcohol motifs (C(OH)–C–C–N with tert-alkyl or cyclic N) is 1. The first-order chi connectivity index (χ1) is 32.4. The Morgan fingerprint density at radius 3 is 2.37 bits per heavy atom. The molecule has 4 aromatic rings. The van der Waals surface area contributed by atoms with Crippen molar-refractivity contribution >= 4 is 52.7 Å². The zero-order valence-corrected chi connectivity index (χ0v) is 40.6. The normalized spacial score (nSPS) is 21.9. The van der Waals surface area contributed by atoms with Crippen LogP contribution in [0.5, 0.6) is 5.75 Å².